The molecule has 1 aliphatic heterocycles. The van der Waals surface area contributed by atoms with Gasteiger partial charge in [0.2, 0.25) is 0 Å². The minimum Gasteiger partial charge on any atom is -0.299 e. The molecule has 0 saturated carbocycles. The number of hydrogen-bond donors (Lipinski definition) is 2. The van der Waals surface area contributed by atoms with Crippen molar-refractivity contribution in [3.63, 3.8) is 0 Å². The van der Waals surface area contributed by atoms with Crippen molar-refractivity contribution in [1.82, 2.24) is 5.43 Å². The molecule has 1 aromatic carbocycles. The van der Waals surface area contributed by atoms with Gasteiger partial charge >= 0.3 is 12.4 Å². The standard InChI is InChI=1S/C11H9F6N3S/c12-10(13,14)6-3-7(11(15,16)17)5-8(4-6)19-20-9-18-1-2-21-9/h3-5,19H,1-2H2,(H,18,20). The highest BCUT2D eigenvalue weighted by molar-refractivity contribution is 8.14. The van der Waals surface area contributed by atoms with Gasteiger partial charge in [0.1, 0.15) is 0 Å². The van der Waals surface area contributed by atoms with Crippen molar-refractivity contribution in [2.75, 3.05) is 17.7 Å². The van der Waals surface area contributed by atoms with E-state index >= 15 is 0 Å². The molecule has 21 heavy (non-hydrogen) atoms. The van der Waals surface area contributed by atoms with Crippen molar-refractivity contribution in [3.05, 3.63) is 29.3 Å². The Morgan fingerprint density at radius 2 is 1.48 bits per heavy atom. The fraction of sp³-hybridized carbons (Fsp3) is 0.364. The first-order valence-electron chi connectivity index (χ1n) is 5.65. The molecule has 1 heterocycles. The lowest BCUT2D eigenvalue weighted by Gasteiger charge is -2.15. The third kappa shape index (κ3) is 4.19. The van der Waals surface area contributed by atoms with Crippen LogP contribution in [0.15, 0.2) is 23.2 Å². The molecule has 0 saturated heterocycles. The summed E-state index contributed by atoms with van der Waals surface area (Å²) in [5.74, 6) is 0.709. The van der Waals surface area contributed by atoms with Gasteiger partial charge < -0.3 is 0 Å². The maximum absolute atomic E-state index is 12.6. The molecule has 0 atom stereocenters. The zero-order chi connectivity index (χ0) is 15.7. The minimum atomic E-state index is -4.86. The van der Waals surface area contributed by atoms with E-state index in [2.05, 4.69) is 15.8 Å². The average molecular weight is 329 g/mol. The summed E-state index contributed by atoms with van der Waals surface area (Å²) in [6, 6.07) is 1.28. The molecule has 0 radical (unpaired) electrons. The second kappa shape index (κ2) is 5.66. The predicted molar refractivity (Wildman–Crippen MR) is 68.0 cm³/mol. The first-order valence-corrected chi connectivity index (χ1v) is 6.63. The van der Waals surface area contributed by atoms with Gasteiger partial charge in [0.25, 0.3) is 0 Å². The molecule has 1 aromatic rings. The maximum Gasteiger partial charge on any atom is 0.416 e. The van der Waals surface area contributed by atoms with Crippen molar-refractivity contribution >= 4 is 22.6 Å². The van der Waals surface area contributed by atoms with E-state index in [1.165, 1.54) is 11.8 Å². The monoisotopic (exact) mass is 329 g/mol. The van der Waals surface area contributed by atoms with Crippen molar-refractivity contribution in [3.8, 4) is 0 Å². The van der Waals surface area contributed by atoms with Crippen LogP contribution in [0, 0.1) is 0 Å². The molecule has 0 bridgehead atoms. The van der Waals surface area contributed by atoms with Crippen molar-refractivity contribution in [2.45, 2.75) is 12.4 Å². The highest BCUT2D eigenvalue weighted by atomic mass is 32.2. The van der Waals surface area contributed by atoms with Gasteiger partial charge in [-0.2, -0.15) is 26.3 Å². The summed E-state index contributed by atoms with van der Waals surface area (Å²) >= 11 is 1.31. The molecule has 0 fully saturated rings. The Kier molecular flexibility index (Phi) is 4.26. The lowest BCUT2D eigenvalue weighted by atomic mass is 10.1. The summed E-state index contributed by atoms with van der Waals surface area (Å²) < 4.78 is 75.8. The molecule has 0 aromatic heterocycles. The molecular weight excluding hydrogens is 320 g/mol. The Bertz CT molecular complexity index is 520. The number of rotatable bonds is 2. The quantitative estimate of drug-likeness (QED) is 0.641. The summed E-state index contributed by atoms with van der Waals surface area (Å²) in [5.41, 5.74) is 1.71. The topological polar surface area (TPSA) is 36.4 Å². The van der Waals surface area contributed by atoms with Crippen LogP contribution in [0.1, 0.15) is 11.1 Å². The van der Waals surface area contributed by atoms with E-state index < -0.39 is 23.5 Å². The summed E-state index contributed by atoms with van der Waals surface area (Å²) in [5, 5.41) is 0.418. The highest BCUT2D eigenvalue weighted by Gasteiger charge is 2.36. The van der Waals surface area contributed by atoms with E-state index in [1.807, 2.05) is 0 Å². The zero-order valence-corrected chi connectivity index (χ0v) is 11.1. The smallest absolute Gasteiger partial charge is 0.299 e. The molecular formula is C11H9F6N3S. The molecule has 3 nitrogen and oxygen atoms in total. The number of anilines is 1. The van der Waals surface area contributed by atoms with E-state index in [-0.39, 0.29) is 11.8 Å². The summed E-state index contributed by atoms with van der Waals surface area (Å²) in [6.07, 6.45) is -9.73. The van der Waals surface area contributed by atoms with E-state index in [0.29, 0.717) is 29.6 Å². The number of thioether (sulfide) groups is 1. The van der Waals surface area contributed by atoms with Crippen LogP contribution in [0.5, 0.6) is 0 Å². The third-order valence-electron chi connectivity index (χ3n) is 2.49. The maximum atomic E-state index is 12.6. The number of alkyl halides is 6. The number of aliphatic imine (C=N–C) groups is 1. The van der Waals surface area contributed by atoms with Crippen LogP contribution < -0.4 is 10.9 Å². The number of benzene rings is 1. The van der Waals surface area contributed by atoms with Gasteiger partial charge in [0.05, 0.1) is 23.4 Å². The third-order valence-corrected chi connectivity index (χ3v) is 3.38. The zero-order valence-electron chi connectivity index (χ0n) is 10.3. The van der Waals surface area contributed by atoms with Gasteiger partial charge in [-0.1, -0.05) is 11.8 Å². The lowest BCUT2D eigenvalue weighted by Crippen LogP contribution is -2.26. The van der Waals surface area contributed by atoms with Gasteiger partial charge in [-0.3, -0.25) is 15.8 Å². The van der Waals surface area contributed by atoms with Gasteiger partial charge in [0, 0.05) is 5.75 Å². The lowest BCUT2D eigenvalue weighted by molar-refractivity contribution is -0.143. The number of hydrazine groups is 1. The largest absolute Gasteiger partial charge is 0.416 e. The van der Waals surface area contributed by atoms with Crippen LogP contribution >= 0.6 is 11.8 Å². The Balaban J connectivity index is 2.26. The number of nitrogens with zero attached hydrogens (tertiary/aromatic N) is 1. The number of amidine groups is 1. The molecule has 0 unspecified atom stereocenters. The van der Waals surface area contributed by atoms with Crippen LogP contribution in [0.3, 0.4) is 0 Å². The molecule has 10 heteroatoms. The van der Waals surface area contributed by atoms with Gasteiger partial charge in [-0.15, -0.1) is 0 Å². The fourth-order valence-electron chi connectivity index (χ4n) is 1.56. The van der Waals surface area contributed by atoms with Gasteiger partial charge in [-0.05, 0) is 18.2 Å². The minimum absolute atomic E-state index is 0.0764. The van der Waals surface area contributed by atoms with Crippen LogP contribution in [0.2, 0.25) is 0 Å². The van der Waals surface area contributed by atoms with E-state index in [1.54, 1.807) is 0 Å². The SMILES string of the molecule is FC(F)(F)c1cc(NNC2=NCCS2)cc(C(F)(F)F)c1. The van der Waals surface area contributed by atoms with Crippen LogP contribution in [0.4, 0.5) is 32.0 Å². The van der Waals surface area contributed by atoms with E-state index in [0.717, 1.165) is 0 Å². The summed E-state index contributed by atoms with van der Waals surface area (Å²) in [4.78, 5) is 3.95. The van der Waals surface area contributed by atoms with Crippen molar-refractivity contribution < 1.29 is 26.3 Å². The molecule has 2 N–H and O–H groups in total. The number of halogens is 6. The molecule has 1 aliphatic rings. The van der Waals surface area contributed by atoms with Crippen LogP contribution in [0.25, 0.3) is 0 Å². The van der Waals surface area contributed by atoms with Crippen LogP contribution in [-0.4, -0.2) is 17.5 Å². The Morgan fingerprint density at radius 1 is 0.905 bits per heavy atom. The van der Waals surface area contributed by atoms with E-state index in [4.69, 9.17) is 0 Å². The predicted octanol–water partition coefficient (Wildman–Crippen LogP) is 3.74. The molecule has 0 spiro atoms. The first kappa shape index (κ1) is 15.8. The molecule has 0 amide bonds. The second-order valence-electron chi connectivity index (χ2n) is 4.08. The average Bonchev–Trinajstić information content (AvgIpc) is 2.87. The molecule has 116 valence electrons. The Labute approximate surface area is 119 Å². The van der Waals surface area contributed by atoms with E-state index in [9.17, 15) is 26.3 Å². The summed E-state index contributed by atoms with van der Waals surface area (Å²) in [7, 11) is 0. The number of hydrogen-bond acceptors (Lipinski definition) is 4. The van der Waals surface area contributed by atoms with Gasteiger partial charge in [0.15, 0.2) is 5.17 Å². The Hall–Kier alpha value is -1.58. The highest BCUT2D eigenvalue weighted by Crippen LogP contribution is 2.37. The Morgan fingerprint density at radius 3 is 1.90 bits per heavy atom. The molecule has 0 aliphatic carbocycles. The van der Waals surface area contributed by atoms with Gasteiger partial charge in [-0.25, -0.2) is 0 Å². The summed E-state index contributed by atoms with van der Waals surface area (Å²) in [6.45, 7) is 0.547. The number of nitrogens with one attached hydrogen (secondary N) is 2. The fourth-order valence-corrected chi connectivity index (χ4v) is 2.25. The van der Waals surface area contributed by atoms with Crippen molar-refractivity contribution in [1.29, 1.82) is 0 Å². The first-order chi connectivity index (χ1) is 9.66. The molecule has 2 rings (SSSR count). The second-order valence-corrected chi connectivity index (χ2v) is 5.16. The normalized spacial score (nSPS) is 15.8. The van der Waals surface area contributed by atoms with Crippen LogP contribution in [-0.2, 0) is 12.4 Å². The van der Waals surface area contributed by atoms with Crippen molar-refractivity contribution in [2.24, 2.45) is 4.99 Å².